The lowest BCUT2D eigenvalue weighted by atomic mass is 10.2. The molecule has 1 aromatic carbocycles. The second-order valence-corrected chi connectivity index (χ2v) is 6.86. The molecule has 7 heteroatoms. The Kier molecular flexibility index (Phi) is 5.43. The van der Waals surface area contributed by atoms with Gasteiger partial charge in [-0.2, -0.15) is 0 Å². The van der Waals surface area contributed by atoms with Crippen LogP contribution in [0.5, 0.6) is 0 Å². The van der Waals surface area contributed by atoms with Crippen LogP contribution in [0.4, 0.5) is 10.6 Å². The number of morpholine rings is 1. The van der Waals surface area contributed by atoms with Crippen LogP contribution in [0.1, 0.15) is 24.3 Å². The van der Waals surface area contributed by atoms with Gasteiger partial charge >= 0.3 is 6.03 Å². The van der Waals surface area contributed by atoms with Gasteiger partial charge in [-0.1, -0.05) is 18.2 Å². The minimum absolute atomic E-state index is 0.228. The van der Waals surface area contributed by atoms with Crippen LogP contribution in [0.2, 0.25) is 0 Å². The molecule has 0 aliphatic carbocycles. The maximum absolute atomic E-state index is 12.3. The molecule has 2 amide bonds. The van der Waals surface area contributed by atoms with Crippen molar-refractivity contribution >= 4 is 22.8 Å². The van der Waals surface area contributed by atoms with Gasteiger partial charge < -0.3 is 24.7 Å². The van der Waals surface area contributed by atoms with Crippen LogP contribution in [0, 0.1) is 0 Å². The van der Waals surface area contributed by atoms with Gasteiger partial charge in [0.25, 0.3) is 0 Å². The molecule has 1 fully saturated rings. The molecule has 2 aromatic heterocycles. The fourth-order valence-electron chi connectivity index (χ4n) is 3.25. The number of carbonyl (C=O) groups is 1. The molecule has 0 bridgehead atoms. The number of pyridine rings is 1. The van der Waals surface area contributed by atoms with Gasteiger partial charge in [0.15, 0.2) is 0 Å². The van der Waals surface area contributed by atoms with E-state index in [1.807, 2.05) is 49.4 Å². The van der Waals surface area contributed by atoms with Crippen molar-refractivity contribution in [2.24, 2.45) is 0 Å². The zero-order valence-electron chi connectivity index (χ0n) is 15.9. The molecule has 1 aliphatic rings. The average molecular weight is 380 g/mol. The Labute approximate surface area is 163 Å². The van der Waals surface area contributed by atoms with E-state index in [0.717, 1.165) is 41.2 Å². The number of aromatic nitrogens is 1. The normalized spacial score (nSPS) is 15.4. The van der Waals surface area contributed by atoms with Crippen molar-refractivity contribution in [3.8, 4) is 0 Å². The molecule has 146 valence electrons. The van der Waals surface area contributed by atoms with E-state index in [0.29, 0.717) is 19.8 Å². The number of anilines is 1. The van der Waals surface area contributed by atoms with E-state index < -0.39 is 0 Å². The van der Waals surface area contributed by atoms with Crippen molar-refractivity contribution in [1.82, 2.24) is 15.6 Å². The number of hydrogen-bond acceptors (Lipinski definition) is 5. The van der Waals surface area contributed by atoms with Crippen LogP contribution >= 0.6 is 0 Å². The van der Waals surface area contributed by atoms with Gasteiger partial charge in [0.2, 0.25) is 0 Å². The molecule has 1 unspecified atom stereocenters. The number of urea groups is 1. The Bertz CT molecular complexity index is 916. The summed E-state index contributed by atoms with van der Waals surface area (Å²) in [5.41, 5.74) is 1.82. The monoisotopic (exact) mass is 380 g/mol. The largest absolute Gasteiger partial charge is 0.459 e. The van der Waals surface area contributed by atoms with E-state index in [-0.39, 0.29) is 12.1 Å². The van der Waals surface area contributed by atoms with Crippen LogP contribution in [0.3, 0.4) is 0 Å². The van der Waals surface area contributed by atoms with E-state index in [2.05, 4.69) is 20.5 Å². The van der Waals surface area contributed by atoms with Crippen molar-refractivity contribution in [2.45, 2.75) is 19.5 Å². The number of nitrogens with one attached hydrogen (secondary N) is 2. The second kappa shape index (κ2) is 8.31. The molecule has 2 N–H and O–H groups in total. The summed E-state index contributed by atoms with van der Waals surface area (Å²) >= 11 is 0. The summed E-state index contributed by atoms with van der Waals surface area (Å²) in [7, 11) is 0. The van der Waals surface area contributed by atoms with Gasteiger partial charge in [-0.3, -0.25) is 0 Å². The molecule has 7 nitrogen and oxygen atoms in total. The summed E-state index contributed by atoms with van der Waals surface area (Å²) < 4.78 is 11.2. The fraction of sp³-hybridized carbons (Fsp3) is 0.333. The maximum atomic E-state index is 12.3. The average Bonchev–Trinajstić information content (AvgIpc) is 3.18. The van der Waals surface area contributed by atoms with Gasteiger partial charge in [-0.25, -0.2) is 9.78 Å². The summed E-state index contributed by atoms with van der Waals surface area (Å²) in [5, 5.41) is 6.85. The van der Waals surface area contributed by atoms with E-state index in [1.165, 1.54) is 0 Å². The lowest BCUT2D eigenvalue weighted by Crippen LogP contribution is -2.37. The molecular weight excluding hydrogens is 356 g/mol. The SMILES string of the molecule is CC(NC(=O)NCc1ccnc(N2CCOCC2)c1)c1cc2ccccc2o1. The lowest BCUT2D eigenvalue weighted by molar-refractivity contribution is 0.122. The molecule has 0 radical (unpaired) electrons. The number of benzene rings is 1. The third kappa shape index (κ3) is 4.26. The lowest BCUT2D eigenvalue weighted by Gasteiger charge is -2.28. The van der Waals surface area contributed by atoms with Crippen molar-refractivity contribution < 1.29 is 13.9 Å². The van der Waals surface area contributed by atoms with Crippen molar-refractivity contribution in [3.63, 3.8) is 0 Å². The number of fused-ring (bicyclic) bond motifs is 1. The van der Waals surface area contributed by atoms with E-state index in [9.17, 15) is 4.79 Å². The highest BCUT2D eigenvalue weighted by Gasteiger charge is 2.15. The summed E-state index contributed by atoms with van der Waals surface area (Å²) in [6.45, 7) is 5.43. The molecule has 1 aliphatic heterocycles. The molecule has 28 heavy (non-hydrogen) atoms. The highest BCUT2D eigenvalue weighted by molar-refractivity contribution is 5.78. The number of ether oxygens (including phenoxy) is 1. The fourth-order valence-corrected chi connectivity index (χ4v) is 3.25. The Hall–Kier alpha value is -3.06. The highest BCUT2D eigenvalue weighted by Crippen LogP contribution is 2.23. The summed E-state index contributed by atoms with van der Waals surface area (Å²) in [5.74, 6) is 1.65. The summed E-state index contributed by atoms with van der Waals surface area (Å²) in [4.78, 5) is 18.9. The van der Waals surface area contributed by atoms with Crippen molar-refractivity contribution in [3.05, 3.63) is 60.0 Å². The number of amides is 2. The predicted octanol–water partition coefficient (Wildman–Crippen LogP) is 3.22. The van der Waals surface area contributed by atoms with Crippen LogP contribution in [-0.4, -0.2) is 37.3 Å². The van der Waals surface area contributed by atoms with Gasteiger partial charge in [0, 0.05) is 31.2 Å². The minimum Gasteiger partial charge on any atom is -0.459 e. The molecule has 0 saturated carbocycles. The topological polar surface area (TPSA) is 79.6 Å². The molecule has 3 aromatic rings. The minimum atomic E-state index is -0.238. The van der Waals surface area contributed by atoms with Gasteiger partial charge in [0.05, 0.1) is 19.3 Å². The third-order valence-corrected chi connectivity index (χ3v) is 4.82. The molecule has 4 rings (SSSR count). The zero-order chi connectivity index (χ0) is 19.3. The van der Waals surface area contributed by atoms with E-state index in [1.54, 1.807) is 6.20 Å². The quantitative estimate of drug-likeness (QED) is 0.710. The standard InChI is InChI=1S/C21H24N4O3/c1-15(19-13-17-4-2-3-5-18(17)28-19)24-21(26)23-14-16-6-7-22-20(12-16)25-8-10-27-11-9-25/h2-7,12-13,15H,8-11,14H2,1H3,(H2,23,24,26). The Morgan fingerprint density at radius 2 is 2.04 bits per heavy atom. The molecule has 1 atom stereocenters. The molecular formula is C21H24N4O3. The first-order valence-corrected chi connectivity index (χ1v) is 9.49. The first-order valence-electron chi connectivity index (χ1n) is 9.49. The van der Waals surface area contributed by atoms with Gasteiger partial charge in [-0.05, 0) is 36.8 Å². The Morgan fingerprint density at radius 3 is 2.86 bits per heavy atom. The molecule has 1 saturated heterocycles. The van der Waals surface area contributed by atoms with Gasteiger partial charge in [0.1, 0.15) is 17.2 Å². The smallest absolute Gasteiger partial charge is 0.315 e. The van der Waals surface area contributed by atoms with Gasteiger partial charge in [-0.15, -0.1) is 0 Å². The van der Waals surface area contributed by atoms with Crippen molar-refractivity contribution in [1.29, 1.82) is 0 Å². The number of para-hydroxylation sites is 1. The highest BCUT2D eigenvalue weighted by atomic mass is 16.5. The summed E-state index contributed by atoms with van der Waals surface area (Å²) in [6.07, 6.45) is 1.77. The second-order valence-electron chi connectivity index (χ2n) is 6.86. The van der Waals surface area contributed by atoms with Crippen molar-refractivity contribution in [2.75, 3.05) is 31.2 Å². The van der Waals surface area contributed by atoms with Crippen LogP contribution < -0.4 is 15.5 Å². The maximum Gasteiger partial charge on any atom is 0.315 e. The number of nitrogens with zero attached hydrogens (tertiary/aromatic N) is 2. The van der Waals surface area contributed by atoms with E-state index >= 15 is 0 Å². The third-order valence-electron chi connectivity index (χ3n) is 4.82. The summed E-state index contributed by atoms with van der Waals surface area (Å²) in [6, 6.07) is 13.2. The Morgan fingerprint density at radius 1 is 1.21 bits per heavy atom. The first kappa shape index (κ1) is 18.3. The van der Waals surface area contributed by atoms with Crippen LogP contribution in [0.25, 0.3) is 11.0 Å². The number of rotatable bonds is 5. The first-order chi connectivity index (χ1) is 13.7. The van der Waals surface area contributed by atoms with Crippen LogP contribution in [-0.2, 0) is 11.3 Å². The number of carbonyl (C=O) groups excluding carboxylic acids is 1. The zero-order valence-corrected chi connectivity index (χ0v) is 15.9. The van der Waals surface area contributed by atoms with E-state index in [4.69, 9.17) is 9.15 Å². The molecule has 0 spiro atoms. The predicted molar refractivity (Wildman–Crippen MR) is 107 cm³/mol. The molecule has 3 heterocycles. The number of hydrogen-bond donors (Lipinski definition) is 2. The van der Waals surface area contributed by atoms with Crippen LogP contribution in [0.15, 0.2) is 53.1 Å². The Balaban J connectivity index is 1.32. The number of furan rings is 1.